The van der Waals surface area contributed by atoms with Gasteiger partial charge in [-0.1, -0.05) is 36.4 Å². The Morgan fingerprint density at radius 1 is 0.564 bits per heavy atom. The lowest BCUT2D eigenvalue weighted by Crippen LogP contribution is -2.10. The second-order valence-corrected chi connectivity index (χ2v) is 29.4. The highest BCUT2D eigenvalue weighted by Crippen LogP contribution is 2.44. The number of nitrogens with zero attached hydrogens (tertiary/aromatic N) is 10. The van der Waals surface area contributed by atoms with E-state index in [1.807, 2.05) is 30.3 Å². The van der Waals surface area contributed by atoms with E-state index < -0.39 is 105 Å². The molecule has 94 heavy (non-hydrogen) atoms. The van der Waals surface area contributed by atoms with E-state index in [-0.39, 0.29) is 123 Å². The van der Waals surface area contributed by atoms with Gasteiger partial charge in [-0.25, -0.2) is 0 Å². The fraction of sp³-hybridized carbons (Fsp3) is 0.235. The zero-order chi connectivity index (χ0) is 69.2. The van der Waals surface area contributed by atoms with Crippen LogP contribution in [0.3, 0.4) is 0 Å². The number of aryl methyl sites for hydroxylation is 2. The minimum absolute atomic E-state index is 0.00954. The number of aromatic nitrogens is 3. The molecule has 502 valence electrons. The molecular formula is C51H54N14O21S8. The number of nitrogens with two attached hydrogens (primary N) is 1. The summed E-state index contributed by atoms with van der Waals surface area (Å²) >= 11 is 2.10. The van der Waals surface area contributed by atoms with Crippen molar-refractivity contribution in [3.63, 3.8) is 0 Å². The van der Waals surface area contributed by atoms with Crippen molar-refractivity contribution in [2.24, 2.45) is 30.7 Å². The summed E-state index contributed by atoms with van der Waals surface area (Å²) in [7, 11) is -25.9. The smallest absolute Gasteiger partial charge is 0.425 e. The van der Waals surface area contributed by atoms with Crippen LogP contribution in [-0.4, -0.2) is 133 Å². The maximum Gasteiger partial charge on any atom is 0.425 e. The van der Waals surface area contributed by atoms with Crippen molar-refractivity contribution in [2.75, 3.05) is 57.1 Å². The van der Waals surface area contributed by atoms with E-state index >= 15 is 0 Å². The minimum atomic E-state index is -5.07. The third-order valence-electron chi connectivity index (χ3n) is 11.9. The van der Waals surface area contributed by atoms with E-state index in [2.05, 4.69) is 61.6 Å². The number of rotatable bonds is 31. The molecule has 0 unspecified atom stereocenters. The molecular weight excluding hydrogens is 1400 g/mol. The quantitative estimate of drug-likeness (QED) is 0.00371. The summed E-state index contributed by atoms with van der Waals surface area (Å²) < 4.78 is 198. The number of hydrogen-bond donors (Lipinski definition) is 9. The number of benzene rings is 6. The molecule has 0 spiro atoms. The van der Waals surface area contributed by atoms with E-state index in [9.17, 15) is 75.0 Å². The molecule has 43 heteroatoms. The van der Waals surface area contributed by atoms with Crippen LogP contribution in [0.1, 0.15) is 36.0 Å². The number of nitrogens with one attached hydrogen (secondary N) is 3. The standard InChI is InChI=1S/C51H54N14O18S7.O3S/c1-31-22-37(52)45(83-16-7-19-86(68,69)70)27-39(31)60-64-44-26-41(55-51-57-49(53-30-33-10-4-3-5-11-33)56-50(58-51)54-34-12-6-13-36(24-34)89(77,78)79)42(29-47(44)85-18-9-21-88(74,75)76)62-63-43-23-32(2)40(28-46(43)84-17-8-20-87(71,72)73)61-59-38-15-14-35(65(66)67)25-48(38)90(80,81)82;1-4(2)3/h3-6,10-15,22-29H,7-9,16-21,30,52H2,1-2H3,(H,68,69,70)(H,71,72,73)(H,74,75,76)(H,77,78,79)(H,80,81,82)(H3,53,54,55,56,57,58);. The molecule has 0 radical (unpaired) electrons. The average molecular weight is 1460 g/mol. The molecule has 0 saturated carbocycles. The Morgan fingerprint density at radius 3 is 1.65 bits per heavy atom. The van der Waals surface area contributed by atoms with Gasteiger partial charge < -0.3 is 26.4 Å². The number of ether oxygens (including phenoxy) is 1. The number of thioether (sulfide) groups is 2. The van der Waals surface area contributed by atoms with Crippen LogP contribution in [0.2, 0.25) is 0 Å². The molecule has 7 rings (SSSR count). The molecule has 0 saturated heterocycles. The third kappa shape index (κ3) is 25.0. The highest BCUT2D eigenvalue weighted by atomic mass is 32.2. The first-order valence-electron chi connectivity index (χ1n) is 26.4. The number of nitrogen functional groups attached to an aromatic ring is 1. The molecule has 0 aliphatic carbocycles. The van der Waals surface area contributed by atoms with Crippen LogP contribution in [0.15, 0.2) is 159 Å². The van der Waals surface area contributed by atoms with E-state index in [1.54, 1.807) is 13.8 Å². The van der Waals surface area contributed by atoms with Crippen molar-refractivity contribution < 1.29 is 87.1 Å². The van der Waals surface area contributed by atoms with Crippen LogP contribution in [-0.2, 0) is 67.7 Å². The van der Waals surface area contributed by atoms with Crippen molar-refractivity contribution in [3.05, 3.63) is 136 Å². The molecule has 0 atom stereocenters. The zero-order valence-electron chi connectivity index (χ0n) is 48.5. The summed E-state index contributed by atoms with van der Waals surface area (Å²) in [6.45, 7) is 3.25. The number of non-ortho nitro benzene ring substituents is 1. The van der Waals surface area contributed by atoms with Gasteiger partial charge in [0.25, 0.3) is 56.3 Å². The highest BCUT2D eigenvalue weighted by molar-refractivity contribution is 7.99. The summed E-state index contributed by atoms with van der Waals surface area (Å²) in [4.78, 5) is 23.4. The molecule has 0 aliphatic heterocycles. The topological polar surface area (TPSA) is 550 Å². The maximum absolute atomic E-state index is 12.3. The Bertz CT molecular complexity index is 4770. The van der Waals surface area contributed by atoms with Gasteiger partial charge in [0, 0.05) is 40.2 Å². The van der Waals surface area contributed by atoms with Gasteiger partial charge in [-0.2, -0.15) is 67.3 Å². The van der Waals surface area contributed by atoms with Gasteiger partial charge in [0.05, 0.1) is 62.1 Å². The molecule has 1 aromatic heterocycles. The van der Waals surface area contributed by atoms with Crippen LogP contribution in [0.25, 0.3) is 0 Å². The van der Waals surface area contributed by atoms with Crippen LogP contribution in [0, 0.1) is 24.0 Å². The lowest BCUT2D eigenvalue weighted by molar-refractivity contribution is -0.385. The van der Waals surface area contributed by atoms with E-state index in [0.29, 0.717) is 17.2 Å². The van der Waals surface area contributed by atoms with Crippen molar-refractivity contribution in [3.8, 4) is 5.75 Å². The first kappa shape index (κ1) is 74.4. The fourth-order valence-corrected chi connectivity index (χ4v) is 12.6. The Morgan fingerprint density at radius 2 is 1.07 bits per heavy atom. The van der Waals surface area contributed by atoms with Crippen molar-refractivity contribution in [2.45, 2.75) is 59.2 Å². The van der Waals surface area contributed by atoms with Gasteiger partial charge in [0.1, 0.15) is 27.7 Å². The normalized spacial score (nSPS) is 12.2. The second-order valence-electron chi connectivity index (χ2n) is 19.2. The van der Waals surface area contributed by atoms with Gasteiger partial charge in [-0.15, -0.1) is 56.6 Å². The number of hydrogen-bond acceptors (Lipinski definition) is 31. The van der Waals surface area contributed by atoms with Gasteiger partial charge in [-0.3, -0.25) is 32.9 Å². The molecule has 10 N–H and O–H groups in total. The van der Waals surface area contributed by atoms with E-state index in [0.717, 1.165) is 53.4 Å². The highest BCUT2D eigenvalue weighted by Gasteiger charge is 2.22. The van der Waals surface area contributed by atoms with E-state index in [4.69, 9.17) is 23.1 Å². The second kappa shape index (κ2) is 33.0. The summed E-state index contributed by atoms with van der Waals surface area (Å²) in [6.07, 6.45) is -0.235. The Labute approximate surface area is 546 Å². The molecule has 1 heterocycles. The molecule has 0 fully saturated rings. The zero-order valence-corrected chi connectivity index (χ0v) is 55.1. The predicted octanol–water partition coefficient (Wildman–Crippen LogP) is 10.2. The van der Waals surface area contributed by atoms with E-state index in [1.165, 1.54) is 48.5 Å². The summed E-state index contributed by atoms with van der Waals surface area (Å²) in [5.41, 5.74) is 7.52. The van der Waals surface area contributed by atoms with Gasteiger partial charge >= 0.3 is 10.6 Å². The Balaban J connectivity index is 0.00000340. The van der Waals surface area contributed by atoms with Crippen molar-refractivity contribution in [1.82, 2.24) is 15.0 Å². The van der Waals surface area contributed by atoms with Gasteiger partial charge in [0.15, 0.2) is 0 Å². The Hall–Kier alpha value is -8.60. The fourth-order valence-electron chi connectivity index (χ4n) is 7.66. The molecule has 7 aromatic rings. The average Bonchev–Trinajstić information content (AvgIpc) is 0.819. The Kier molecular flexibility index (Phi) is 26.1. The van der Waals surface area contributed by atoms with Crippen LogP contribution < -0.4 is 26.4 Å². The first-order valence-corrected chi connectivity index (χ1v) is 37.1. The van der Waals surface area contributed by atoms with Gasteiger partial charge in [0.2, 0.25) is 17.8 Å². The molecule has 0 bridgehead atoms. The minimum Gasteiger partial charge on any atom is -0.491 e. The van der Waals surface area contributed by atoms with Gasteiger partial charge in [-0.05, 0) is 116 Å². The van der Waals surface area contributed by atoms with Crippen molar-refractivity contribution >= 4 is 159 Å². The summed E-state index contributed by atoms with van der Waals surface area (Å²) in [5, 5.41) is 47.1. The summed E-state index contributed by atoms with van der Waals surface area (Å²) in [6, 6.07) is 25.6. The summed E-state index contributed by atoms with van der Waals surface area (Å²) in [5.74, 6) is -2.02. The molecule has 0 aliphatic rings. The number of nitro benzene ring substituents is 1. The molecule has 35 nitrogen and oxygen atoms in total. The third-order valence-corrected chi connectivity index (χ3v) is 18.3. The molecule has 0 amide bonds. The lowest BCUT2D eigenvalue weighted by atomic mass is 10.1. The largest absolute Gasteiger partial charge is 0.491 e. The predicted molar refractivity (Wildman–Crippen MR) is 345 cm³/mol. The SMILES string of the molecule is Cc1cc(N)c(OCCCS(=O)(=O)O)cc1N=Nc1cc(Nc2nc(NCc3ccccc3)nc(Nc3cccc(S(=O)(=O)O)c3)n2)c(N=Nc2cc(C)c(N=Nc3ccc([N+](=O)[O-])cc3S(=O)(=O)O)cc2SCCCS(=O)(=O)O)cc1SCCCS(=O)(=O)O.O=S(=O)=O. The number of azo groups is 3. The first-order chi connectivity index (χ1) is 44.0. The van der Waals surface area contributed by atoms with Crippen LogP contribution in [0.4, 0.5) is 74.7 Å². The van der Waals surface area contributed by atoms with Crippen LogP contribution in [0.5, 0.6) is 5.75 Å². The number of nitro groups is 1. The monoisotopic (exact) mass is 1450 g/mol. The lowest BCUT2D eigenvalue weighted by Gasteiger charge is -2.15. The molecule has 6 aromatic carbocycles. The maximum atomic E-state index is 12.3. The number of anilines is 6. The van der Waals surface area contributed by atoms with Crippen LogP contribution >= 0.6 is 23.5 Å². The van der Waals surface area contributed by atoms with Crippen molar-refractivity contribution in [1.29, 1.82) is 0 Å².